The summed E-state index contributed by atoms with van der Waals surface area (Å²) >= 11 is 0. The predicted octanol–water partition coefficient (Wildman–Crippen LogP) is 1.66. The van der Waals surface area contributed by atoms with Crippen molar-refractivity contribution >= 4 is 5.97 Å². The quantitative estimate of drug-likeness (QED) is 0.840. The van der Waals surface area contributed by atoms with Crippen LogP contribution in [0.15, 0.2) is 24.3 Å². The van der Waals surface area contributed by atoms with Gasteiger partial charge in [0.25, 0.3) is 0 Å². The lowest BCUT2D eigenvalue weighted by Gasteiger charge is -2.46. The topological polar surface area (TPSA) is 58.6 Å². The van der Waals surface area contributed by atoms with E-state index in [1.807, 2.05) is 38.1 Å². The van der Waals surface area contributed by atoms with Gasteiger partial charge in [0.1, 0.15) is 5.75 Å². The van der Waals surface area contributed by atoms with Gasteiger partial charge in [-0.05, 0) is 39.2 Å². The van der Waals surface area contributed by atoms with E-state index in [0.29, 0.717) is 19.4 Å². The Bertz CT molecular complexity index is 495. The zero-order valence-electron chi connectivity index (χ0n) is 12.3. The summed E-state index contributed by atoms with van der Waals surface area (Å²) in [7, 11) is 1.61. The first kappa shape index (κ1) is 14.9. The van der Waals surface area contributed by atoms with Gasteiger partial charge in [-0.15, -0.1) is 0 Å². The second-order valence-electron chi connectivity index (χ2n) is 6.06. The number of hydrogen-bond donors (Lipinski definition) is 0. The van der Waals surface area contributed by atoms with Crippen LogP contribution in [0.2, 0.25) is 0 Å². The lowest BCUT2D eigenvalue weighted by Crippen LogP contribution is -2.47. The van der Waals surface area contributed by atoms with Crippen molar-refractivity contribution in [3.8, 4) is 5.75 Å². The number of benzene rings is 1. The molecule has 0 saturated carbocycles. The summed E-state index contributed by atoms with van der Waals surface area (Å²) in [5.41, 5.74) is 0.0879. The molecule has 2 rings (SSSR count). The van der Waals surface area contributed by atoms with E-state index < -0.39 is 11.4 Å². The molecule has 1 aromatic carbocycles. The molecule has 1 heterocycles. The third kappa shape index (κ3) is 2.96. The van der Waals surface area contributed by atoms with Gasteiger partial charge >= 0.3 is 0 Å². The molecule has 4 heteroatoms. The molecular formula is C16H21O4-. The van der Waals surface area contributed by atoms with Gasteiger partial charge in [-0.25, -0.2) is 0 Å². The molecule has 0 aliphatic carbocycles. The van der Waals surface area contributed by atoms with E-state index in [9.17, 15) is 9.90 Å². The summed E-state index contributed by atoms with van der Waals surface area (Å²) in [6.45, 7) is 4.52. The van der Waals surface area contributed by atoms with Gasteiger partial charge in [0.05, 0.1) is 12.7 Å². The Morgan fingerprint density at radius 3 is 2.70 bits per heavy atom. The van der Waals surface area contributed by atoms with Crippen molar-refractivity contribution in [1.82, 2.24) is 0 Å². The Morgan fingerprint density at radius 2 is 2.10 bits per heavy atom. The molecule has 1 fully saturated rings. The van der Waals surface area contributed by atoms with Crippen LogP contribution in [0.3, 0.4) is 0 Å². The second kappa shape index (κ2) is 5.44. The summed E-state index contributed by atoms with van der Waals surface area (Å²) in [4.78, 5) is 11.3. The lowest BCUT2D eigenvalue weighted by molar-refractivity contribution is -0.308. The molecule has 0 unspecified atom stereocenters. The fourth-order valence-electron chi connectivity index (χ4n) is 3.31. The van der Waals surface area contributed by atoms with Crippen molar-refractivity contribution in [3.63, 3.8) is 0 Å². The van der Waals surface area contributed by atoms with Gasteiger partial charge in [-0.1, -0.05) is 18.2 Å². The molecule has 1 aliphatic rings. The summed E-state index contributed by atoms with van der Waals surface area (Å²) < 4.78 is 11.2. The number of methoxy groups -OCH3 is 1. The molecule has 0 amide bonds. The van der Waals surface area contributed by atoms with Gasteiger partial charge in [0.15, 0.2) is 0 Å². The van der Waals surface area contributed by atoms with Gasteiger partial charge in [0.2, 0.25) is 0 Å². The molecule has 0 spiro atoms. The number of carboxylic acid groups (broad SMARTS) is 1. The number of carbonyl (C=O) groups excluding carboxylic acids is 1. The Hall–Kier alpha value is -1.55. The third-order valence-electron chi connectivity index (χ3n) is 4.00. The molecular weight excluding hydrogens is 256 g/mol. The van der Waals surface area contributed by atoms with Crippen LogP contribution in [0.5, 0.6) is 5.75 Å². The van der Waals surface area contributed by atoms with Crippen LogP contribution >= 0.6 is 0 Å². The highest BCUT2D eigenvalue weighted by atomic mass is 16.5. The average molecular weight is 277 g/mol. The Labute approximate surface area is 119 Å². The Morgan fingerprint density at radius 1 is 1.40 bits per heavy atom. The van der Waals surface area contributed by atoms with E-state index >= 15 is 0 Å². The fourth-order valence-corrected chi connectivity index (χ4v) is 3.31. The molecule has 4 nitrogen and oxygen atoms in total. The van der Waals surface area contributed by atoms with Crippen molar-refractivity contribution in [2.24, 2.45) is 0 Å². The number of carbonyl (C=O) groups is 1. The van der Waals surface area contributed by atoms with Crippen molar-refractivity contribution in [2.45, 2.75) is 44.1 Å². The molecule has 1 saturated heterocycles. The fraction of sp³-hybridized carbons (Fsp3) is 0.562. The number of aliphatic carboxylic acids is 1. The number of ether oxygens (including phenoxy) is 2. The maximum atomic E-state index is 11.3. The minimum absolute atomic E-state index is 0.0137. The van der Waals surface area contributed by atoms with Gasteiger partial charge in [-0.3, -0.25) is 0 Å². The maximum Gasteiger partial charge on any atom is 0.122 e. The maximum absolute atomic E-state index is 11.3. The molecule has 1 aliphatic heterocycles. The van der Waals surface area contributed by atoms with Crippen molar-refractivity contribution in [2.75, 3.05) is 13.7 Å². The molecule has 0 radical (unpaired) electrons. The number of carboxylic acids is 1. The highest BCUT2D eigenvalue weighted by Crippen LogP contribution is 2.46. The molecule has 0 bridgehead atoms. The van der Waals surface area contributed by atoms with E-state index in [1.54, 1.807) is 7.11 Å². The molecule has 20 heavy (non-hydrogen) atoms. The van der Waals surface area contributed by atoms with Crippen molar-refractivity contribution in [1.29, 1.82) is 0 Å². The van der Waals surface area contributed by atoms with Gasteiger partial charge < -0.3 is 19.4 Å². The summed E-state index contributed by atoms with van der Waals surface area (Å²) in [6, 6.07) is 7.62. The van der Waals surface area contributed by atoms with E-state index in [0.717, 1.165) is 11.3 Å². The van der Waals surface area contributed by atoms with Crippen LogP contribution in [0.1, 0.15) is 38.7 Å². The van der Waals surface area contributed by atoms with Crippen LogP contribution in [-0.4, -0.2) is 25.3 Å². The Balaban J connectivity index is 2.49. The average Bonchev–Trinajstić information content (AvgIpc) is 2.36. The molecule has 110 valence electrons. The highest BCUT2D eigenvalue weighted by molar-refractivity contribution is 5.67. The molecule has 1 atom stereocenters. The number of rotatable bonds is 4. The third-order valence-corrected chi connectivity index (χ3v) is 4.00. The lowest BCUT2D eigenvalue weighted by atomic mass is 9.67. The van der Waals surface area contributed by atoms with Gasteiger partial charge in [0, 0.05) is 23.6 Å². The minimum atomic E-state index is -1.03. The van der Waals surface area contributed by atoms with Crippen LogP contribution in [-0.2, 0) is 14.9 Å². The first-order valence-corrected chi connectivity index (χ1v) is 6.86. The molecule has 0 aromatic heterocycles. The number of hydrogen-bond acceptors (Lipinski definition) is 4. The highest BCUT2D eigenvalue weighted by Gasteiger charge is 2.43. The zero-order valence-corrected chi connectivity index (χ0v) is 12.3. The van der Waals surface area contributed by atoms with Crippen molar-refractivity contribution in [3.05, 3.63) is 29.8 Å². The summed E-state index contributed by atoms with van der Waals surface area (Å²) in [6.07, 6.45) is 1.28. The second-order valence-corrected chi connectivity index (χ2v) is 6.06. The van der Waals surface area contributed by atoms with E-state index in [2.05, 4.69) is 0 Å². The van der Waals surface area contributed by atoms with Crippen LogP contribution in [0.25, 0.3) is 0 Å². The summed E-state index contributed by atoms with van der Waals surface area (Å²) in [5, 5.41) is 11.3. The summed E-state index contributed by atoms with van der Waals surface area (Å²) in [5.74, 6) is -0.306. The smallest absolute Gasteiger partial charge is 0.122 e. The molecule has 0 N–H and O–H groups in total. The first-order chi connectivity index (χ1) is 9.38. The van der Waals surface area contributed by atoms with E-state index in [-0.39, 0.29) is 12.0 Å². The molecule has 1 aromatic rings. The monoisotopic (exact) mass is 277 g/mol. The van der Waals surface area contributed by atoms with E-state index in [4.69, 9.17) is 9.47 Å². The normalized spacial score (nSPS) is 25.1. The van der Waals surface area contributed by atoms with E-state index in [1.165, 1.54) is 0 Å². The standard InChI is InChI=1S/C16H22O4/c1-15(2)11-16(8-9-20-15,10-14(17)18)12-6-4-5-7-13(12)19-3/h4-7H,8-11H2,1-3H3,(H,17,18)/p-1/t16-/m0/s1. The zero-order chi connectivity index (χ0) is 14.8. The van der Waals surface area contributed by atoms with Gasteiger partial charge in [-0.2, -0.15) is 0 Å². The largest absolute Gasteiger partial charge is 0.550 e. The predicted molar refractivity (Wildman–Crippen MR) is 73.6 cm³/mol. The minimum Gasteiger partial charge on any atom is -0.550 e. The van der Waals surface area contributed by atoms with Crippen LogP contribution < -0.4 is 9.84 Å². The van der Waals surface area contributed by atoms with Crippen LogP contribution in [0, 0.1) is 0 Å². The Kier molecular flexibility index (Phi) is 4.04. The first-order valence-electron chi connectivity index (χ1n) is 6.86. The van der Waals surface area contributed by atoms with Crippen molar-refractivity contribution < 1.29 is 19.4 Å². The van der Waals surface area contributed by atoms with Crippen LogP contribution in [0.4, 0.5) is 0 Å². The SMILES string of the molecule is COc1ccccc1[C@]1(CC(=O)[O-])CCOC(C)(C)C1. The number of para-hydroxylation sites is 1.